The van der Waals surface area contributed by atoms with E-state index in [2.05, 4.69) is 26.0 Å². The van der Waals surface area contributed by atoms with Crippen LogP contribution in [0.25, 0.3) is 17.0 Å². The monoisotopic (exact) mass is 357 g/mol. The summed E-state index contributed by atoms with van der Waals surface area (Å²) >= 11 is 1.64. The molecule has 132 valence electrons. The van der Waals surface area contributed by atoms with Gasteiger partial charge in [0.05, 0.1) is 6.10 Å². The van der Waals surface area contributed by atoms with Crippen LogP contribution in [0, 0.1) is 0 Å². The number of anilines is 1. The summed E-state index contributed by atoms with van der Waals surface area (Å²) in [5.41, 5.74) is 1.80. The summed E-state index contributed by atoms with van der Waals surface area (Å²) in [4.78, 5) is 0. The number of nitrogens with zero attached hydrogens (tertiary/aromatic N) is 4. The molecule has 7 heteroatoms. The summed E-state index contributed by atoms with van der Waals surface area (Å²) in [5.74, 6) is 1.61. The van der Waals surface area contributed by atoms with Crippen LogP contribution in [0.5, 0.6) is 0 Å². The Morgan fingerprint density at radius 2 is 2.08 bits per heavy atom. The fraction of sp³-hybridized carbons (Fsp3) is 0.500. The molecule has 4 rings (SSSR count). The highest BCUT2D eigenvalue weighted by Crippen LogP contribution is 2.21. The van der Waals surface area contributed by atoms with Gasteiger partial charge >= 0.3 is 0 Å². The van der Waals surface area contributed by atoms with Gasteiger partial charge in [0, 0.05) is 24.1 Å². The fourth-order valence-corrected chi connectivity index (χ4v) is 3.86. The third-order valence-corrected chi connectivity index (χ3v) is 5.26. The molecule has 0 aromatic carbocycles. The van der Waals surface area contributed by atoms with E-state index in [0.29, 0.717) is 6.10 Å². The van der Waals surface area contributed by atoms with E-state index < -0.39 is 0 Å². The second kappa shape index (κ2) is 7.93. The maximum absolute atomic E-state index is 5.96. The molecule has 1 aliphatic rings. The van der Waals surface area contributed by atoms with Gasteiger partial charge in [0.2, 0.25) is 0 Å². The van der Waals surface area contributed by atoms with Crippen molar-refractivity contribution in [3.8, 4) is 11.4 Å². The molecule has 0 unspecified atom stereocenters. The molecule has 1 N–H and O–H groups in total. The van der Waals surface area contributed by atoms with E-state index in [-0.39, 0.29) is 0 Å². The molecular weight excluding hydrogens is 334 g/mol. The van der Waals surface area contributed by atoms with Gasteiger partial charge in [-0.15, -0.1) is 15.3 Å². The zero-order chi connectivity index (χ0) is 16.9. The first kappa shape index (κ1) is 16.5. The summed E-state index contributed by atoms with van der Waals surface area (Å²) in [6.07, 6.45) is 7.92. The van der Waals surface area contributed by atoms with Crippen molar-refractivity contribution in [2.24, 2.45) is 0 Å². The normalized spacial score (nSPS) is 15.7. The lowest BCUT2D eigenvalue weighted by molar-refractivity contribution is 0.0284. The summed E-state index contributed by atoms with van der Waals surface area (Å²) in [7, 11) is 0. The van der Waals surface area contributed by atoms with E-state index in [4.69, 9.17) is 4.74 Å². The van der Waals surface area contributed by atoms with Crippen molar-refractivity contribution >= 4 is 22.8 Å². The number of aromatic nitrogens is 4. The number of fused-ring (bicyclic) bond motifs is 1. The molecule has 0 bridgehead atoms. The second-order valence-electron chi connectivity index (χ2n) is 6.44. The van der Waals surface area contributed by atoms with Gasteiger partial charge in [-0.3, -0.25) is 0 Å². The molecule has 0 amide bonds. The Morgan fingerprint density at radius 3 is 2.92 bits per heavy atom. The number of hydrogen-bond donors (Lipinski definition) is 1. The van der Waals surface area contributed by atoms with Crippen LogP contribution in [0.3, 0.4) is 0 Å². The average Bonchev–Trinajstić information content (AvgIpc) is 3.31. The fourth-order valence-electron chi connectivity index (χ4n) is 3.23. The van der Waals surface area contributed by atoms with Crippen LogP contribution in [0.15, 0.2) is 29.0 Å². The third-order valence-electron chi connectivity index (χ3n) is 4.58. The lowest BCUT2D eigenvalue weighted by Crippen LogP contribution is -2.18. The molecule has 0 radical (unpaired) electrons. The first-order chi connectivity index (χ1) is 12.4. The zero-order valence-electron chi connectivity index (χ0n) is 14.2. The number of rotatable bonds is 7. The van der Waals surface area contributed by atoms with E-state index >= 15 is 0 Å². The minimum atomic E-state index is 0.480. The van der Waals surface area contributed by atoms with Gasteiger partial charge in [-0.05, 0) is 42.8 Å². The van der Waals surface area contributed by atoms with Crippen LogP contribution in [0.1, 0.15) is 38.5 Å². The Hall–Kier alpha value is -1.99. The Kier molecular flexibility index (Phi) is 5.22. The predicted molar refractivity (Wildman–Crippen MR) is 100 cm³/mol. The van der Waals surface area contributed by atoms with Crippen molar-refractivity contribution in [1.82, 2.24) is 19.8 Å². The third kappa shape index (κ3) is 3.99. The molecule has 0 atom stereocenters. The Balaban J connectivity index is 1.31. The summed E-state index contributed by atoms with van der Waals surface area (Å²) in [6.45, 7) is 1.66. The quantitative estimate of drug-likeness (QED) is 0.647. The van der Waals surface area contributed by atoms with Crippen LogP contribution in [0.2, 0.25) is 0 Å². The lowest BCUT2D eigenvalue weighted by atomic mass is 9.98. The minimum absolute atomic E-state index is 0.480. The van der Waals surface area contributed by atoms with Gasteiger partial charge in [0.25, 0.3) is 0 Å². The Labute approximate surface area is 151 Å². The molecule has 0 saturated heterocycles. The summed E-state index contributed by atoms with van der Waals surface area (Å²) in [6, 6.07) is 5.92. The first-order valence-electron chi connectivity index (χ1n) is 9.01. The number of nitrogens with one attached hydrogen (secondary N) is 1. The van der Waals surface area contributed by atoms with Crippen LogP contribution < -0.4 is 5.32 Å². The molecule has 1 fully saturated rings. The predicted octanol–water partition coefficient (Wildman–Crippen LogP) is 4.00. The molecule has 6 nitrogen and oxygen atoms in total. The van der Waals surface area contributed by atoms with Crippen molar-refractivity contribution in [1.29, 1.82) is 0 Å². The molecule has 0 spiro atoms. The van der Waals surface area contributed by atoms with E-state index in [9.17, 15) is 0 Å². The topological polar surface area (TPSA) is 64.3 Å². The highest BCUT2D eigenvalue weighted by molar-refractivity contribution is 7.08. The molecule has 3 heterocycles. The van der Waals surface area contributed by atoms with Crippen molar-refractivity contribution in [2.45, 2.75) is 44.6 Å². The van der Waals surface area contributed by atoms with Gasteiger partial charge < -0.3 is 10.1 Å². The maximum Gasteiger partial charge on any atom is 0.186 e. The summed E-state index contributed by atoms with van der Waals surface area (Å²) < 4.78 is 7.76. The van der Waals surface area contributed by atoms with Gasteiger partial charge in [0.1, 0.15) is 5.82 Å². The minimum Gasteiger partial charge on any atom is -0.378 e. The highest BCUT2D eigenvalue weighted by Gasteiger charge is 2.13. The average molecular weight is 357 g/mol. The van der Waals surface area contributed by atoms with E-state index in [1.807, 2.05) is 23.6 Å². The maximum atomic E-state index is 5.96. The Bertz CT molecular complexity index is 795. The van der Waals surface area contributed by atoms with E-state index in [1.54, 1.807) is 15.9 Å². The van der Waals surface area contributed by atoms with E-state index in [1.165, 1.54) is 32.1 Å². The van der Waals surface area contributed by atoms with Crippen molar-refractivity contribution in [2.75, 3.05) is 18.5 Å². The number of ether oxygens (including phenoxy) is 1. The van der Waals surface area contributed by atoms with Crippen LogP contribution in [-0.4, -0.2) is 39.1 Å². The molecular formula is C18H23N5OS. The SMILES string of the molecule is c1cc(-c2nnc3ccc(NCCCOC4CCCCC4)nn23)cs1. The first-order valence-corrected chi connectivity index (χ1v) is 9.95. The van der Waals surface area contributed by atoms with Crippen LogP contribution in [0.4, 0.5) is 5.82 Å². The zero-order valence-corrected chi connectivity index (χ0v) is 15.0. The van der Waals surface area contributed by atoms with Crippen LogP contribution in [-0.2, 0) is 4.74 Å². The number of hydrogen-bond acceptors (Lipinski definition) is 6. The smallest absolute Gasteiger partial charge is 0.186 e. The Morgan fingerprint density at radius 1 is 1.16 bits per heavy atom. The van der Waals surface area contributed by atoms with Gasteiger partial charge in [0.15, 0.2) is 11.5 Å². The molecule has 25 heavy (non-hydrogen) atoms. The molecule has 0 aliphatic heterocycles. The molecule has 1 saturated carbocycles. The van der Waals surface area contributed by atoms with E-state index in [0.717, 1.165) is 42.4 Å². The van der Waals surface area contributed by atoms with Crippen molar-refractivity contribution < 1.29 is 4.74 Å². The van der Waals surface area contributed by atoms with Crippen molar-refractivity contribution in [3.05, 3.63) is 29.0 Å². The molecule has 3 aromatic rings. The van der Waals surface area contributed by atoms with Gasteiger partial charge in [-0.25, -0.2) is 0 Å². The van der Waals surface area contributed by atoms with Gasteiger partial charge in [-0.2, -0.15) is 15.9 Å². The second-order valence-corrected chi connectivity index (χ2v) is 7.22. The van der Waals surface area contributed by atoms with Crippen LogP contribution >= 0.6 is 11.3 Å². The lowest BCUT2D eigenvalue weighted by Gasteiger charge is -2.21. The largest absolute Gasteiger partial charge is 0.378 e. The highest BCUT2D eigenvalue weighted by atomic mass is 32.1. The molecule has 3 aromatic heterocycles. The van der Waals surface area contributed by atoms with Crippen molar-refractivity contribution in [3.63, 3.8) is 0 Å². The summed E-state index contributed by atoms with van der Waals surface area (Å²) in [5, 5.41) is 20.5. The standard InChI is InChI=1S/C18H23N5OS/c1-2-5-15(6-3-1)24-11-4-10-19-16-7-8-17-20-21-18(23(17)22-16)14-9-12-25-13-14/h7-9,12-13,15H,1-6,10-11H2,(H,19,22). The number of thiophene rings is 1. The van der Waals surface area contributed by atoms with Gasteiger partial charge in [-0.1, -0.05) is 19.3 Å². The molecule has 1 aliphatic carbocycles.